The van der Waals surface area contributed by atoms with E-state index in [-0.39, 0.29) is 28.8 Å². The van der Waals surface area contributed by atoms with Crippen molar-refractivity contribution < 1.29 is 18.3 Å². The first-order valence-corrected chi connectivity index (χ1v) is 9.58. The molecule has 2 aromatic carbocycles. The molecule has 7 nitrogen and oxygen atoms in total. The number of amides is 1. The number of carbonyl (C=O) groups is 1. The van der Waals surface area contributed by atoms with Gasteiger partial charge in [0.15, 0.2) is 5.69 Å². The van der Waals surface area contributed by atoms with Crippen molar-refractivity contribution in [3.8, 4) is 22.8 Å². The summed E-state index contributed by atoms with van der Waals surface area (Å²) >= 11 is 0. The van der Waals surface area contributed by atoms with Crippen molar-refractivity contribution in [2.24, 2.45) is 5.73 Å². The van der Waals surface area contributed by atoms with Gasteiger partial charge in [-0.05, 0) is 36.8 Å². The van der Waals surface area contributed by atoms with Crippen molar-refractivity contribution in [2.45, 2.75) is 12.5 Å². The van der Waals surface area contributed by atoms with Crippen LogP contribution >= 0.6 is 0 Å². The second-order valence-corrected chi connectivity index (χ2v) is 7.19. The molecule has 0 spiro atoms. The van der Waals surface area contributed by atoms with E-state index in [9.17, 15) is 9.18 Å². The minimum absolute atomic E-state index is 0.0462. The predicted octanol–water partition coefficient (Wildman–Crippen LogP) is 3.55. The molecular formula is C22H19F2N5O2. The van der Waals surface area contributed by atoms with E-state index >= 15 is 4.39 Å². The van der Waals surface area contributed by atoms with Gasteiger partial charge in [-0.15, -0.1) is 0 Å². The van der Waals surface area contributed by atoms with Crippen molar-refractivity contribution >= 4 is 11.6 Å². The standard InChI is InChI=1S/C22H19F2N5O2/c1-26-18-8-3-13(11-17(18)23)21-27-19(22(30)28-10-9-14(25)12-28)20(24)29(21)15-4-6-16(31-2)7-5-15/h3-8,11,14H,9-10,12,25H2,2H3/t14-/m0/s1. The first-order chi connectivity index (χ1) is 14.9. The molecule has 0 saturated carbocycles. The maximum absolute atomic E-state index is 15.5. The first kappa shape index (κ1) is 20.5. The summed E-state index contributed by atoms with van der Waals surface area (Å²) in [6.07, 6.45) is 0.628. The third-order valence-corrected chi connectivity index (χ3v) is 5.19. The first-order valence-electron chi connectivity index (χ1n) is 9.58. The van der Waals surface area contributed by atoms with E-state index in [1.165, 1.54) is 24.1 Å². The van der Waals surface area contributed by atoms with Gasteiger partial charge >= 0.3 is 0 Å². The molecule has 2 heterocycles. The van der Waals surface area contributed by atoms with Gasteiger partial charge in [0, 0.05) is 24.7 Å². The molecule has 1 fully saturated rings. The van der Waals surface area contributed by atoms with Crippen molar-refractivity contribution in [3.63, 3.8) is 0 Å². The number of ether oxygens (including phenoxy) is 1. The number of likely N-dealkylation sites (tertiary alicyclic amines) is 1. The highest BCUT2D eigenvalue weighted by Crippen LogP contribution is 2.30. The quantitative estimate of drug-likeness (QED) is 0.651. The normalized spacial score (nSPS) is 15.7. The minimum Gasteiger partial charge on any atom is -0.497 e. The lowest BCUT2D eigenvalue weighted by Crippen LogP contribution is -2.32. The number of hydrogen-bond acceptors (Lipinski definition) is 4. The molecule has 1 saturated heterocycles. The largest absolute Gasteiger partial charge is 0.497 e. The van der Waals surface area contributed by atoms with Crippen LogP contribution in [0.1, 0.15) is 16.9 Å². The third-order valence-electron chi connectivity index (χ3n) is 5.19. The van der Waals surface area contributed by atoms with E-state index in [1.807, 2.05) is 0 Å². The Balaban J connectivity index is 1.86. The van der Waals surface area contributed by atoms with Gasteiger partial charge in [0.25, 0.3) is 5.91 Å². The molecular weight excluding hydrogens is 404 g/mol. The maximum Gasteiger partial charge on any atom is 0.277 e. The summed E-state index contributed by atoms with van der Waals surface area (Å²) in [5.41, 5.74) is 5.97. The Bertz CT molecular complexity index is 1180. The van der Waals surface area contributed by atoms with Crippen molar-refractivity contribution in [3.05, 3.63) is 71.3 Å². The van der Waals surface area contributed by atoms with Gasteiger partial charge in [-0.3, -0.25) is 9.36 Å². The molecule has 1 amide bonds. The highest BCUT2D eigenvalue weighted by Gasteiger charge is 2.31. The number of hydrogen-bond donors (Lipinski definition) is 1. The van der Waals surface area contributed by atoms with Gasteiger partial charge in [-0.1, -0.05) is 12.1 Å². The van der Waals surface area contributed by atoms with E-state index in [0.29, 0.717) is 30.9 Å². The van der Waals surface area contributed by atoms with Gasteiger partial charge < -0.3 is 15.4 Å². The Labute approximate surface area is 177 Å². The van der Waals surface area contributed by atoms with Crippen LogP contribution in [-0.2, 0) is 0 Å². The second-order valence-electron chi connectivity index (χ2n) is 7.19. The average molecular weight is 423 g/mol. The predicted molar refractivity (Wildman–Crippen MR) is 110 cm³/mol. The van der Waals surface area contributed by atoms with Crippen molar-refractivity contribution in [2.75, 3.05) is 20.2 Å². The summed E-state index contributed by atoms with van der Waals surface area (Å²) in [6, 6.07) is 10.2. The fourth-order valence-corrected chi connectivity index (χ4v) is 3.56. The van der Waals surface area contributed by atoms with Crippen LogP contribution < -0.4 is 10.5 Å². The zero-order valence-electron chi connectivity index (χ0n) is 16.7. The summed E-state index contributed by atoms with van der Waals surface area (Å²) in [7, 11) is 1.51. The van der Waals surface area contributed by atoms with Crippen LogP contribution in [0, 0.1) is 18.3 Å². The number of nitrogens with zero attached hydrogens (tertiary/aromatic N) is 4. The van der Waals surface area contributed by atoms with Crippen LogP contribution in [-0.4, -0.2) is 46.6 Å². The molecule has 1 atom stereocenters. The number of benzene rings is 2. The number of rotatable bonds is 4. The van der Waals surface area contributed by atoms with Gasteiger partial charge in [-0.25, -0.2) is 14.2 Å². The molecule has 1 aliphatic heterocycles. The Hall–Kier alpha value is -3.77. The number of imidazole rings is 1. The SMILES string of the molecule is [C-]#[N+]c1ccc(-c2nc(C(=O)N3CC[C@H](N)C3)c(F)n2-c2ccc(OC)cc2)cc1F. The molecule has 0 unspecified atom stereocenters. The summed E-state index contributed by atoms with van der Waals surface area (Å²) in [5, 5.41) is 0. The lowest BCUT2D eigenvalue weighted by molar-refractivity contribution is 0.0780. The van der Waals surface area contributed by atoms with Crippen LogP contribution in [0.5, 0.6) is 5.75 Å². The molecule has 31 heavy (non-hydrogen) atoms. The van der Waals surface area contributed by atoms with Crippen LogP contribution in [0.2, 0.25) is 0 Å². The number of methoxy groups -OCH3 is 1. The van der Waals surface area contributed by atoms with Gasteiger partial charge in [0.05, 0.1) is 19.4 Å². The minimum atomic E-state index is -0.861. The average Bonchev–Trinajstić information content (AvgIpc) is 3.36. The topological polar surface area (TPSA) is 77.7 Å². The molecule has 3 aromatic rings. The summed E-state index contributed by atoms with van der Waals surface area (Å²) in [5.74, 6) is -1.57. The lowest BCUT2D eigenvalue weighted by atomic mass is 10.2. The van der Waals surface area contributed by atoms with Gasteiger partial charge in [0.1, 0.15) is 17.4 Å². The van der Waals surface area contributed by atoms with Crippen LogP contribution in [0.15, 0.2) is 42.5 Å². The van der Waals surface area contributed by atoms with E-state index < -0.39 is 17.7 Å². The molecule has 1 aromatic heterocycles. The summed E-state index contributed by atoms with van der Waals surface area (Å²) < 4.78 is 36.1. The highest BCUT2D eigenvalue weighted by atomic mass is 19.1. The molecule has 4 rings (SSSR count). The number of carbonyl (C=O) groups excluding carboxylic acids is 1. The van der Waals surface area contributed by atoms with E-state index in [1.54, 1.807) is 24.3 Å². The molecule has 1 aliphatic rings. The number of nitrogens with two attached hydrogens (primary N) is 1. The molecule has 9 heteroatoms. The van der Waals surface area contributed by atoms with Gasteiger partial charge in [-0.2, -0.15) is 4.39 Å². The monoisotopic (exact) mass is 423 g/mol. The van der Waals surface area contributed by atoms with Crippen molar-refractivity contribution in [1.82, 2.24) is 14.5 Å². The molecule has 0 radical (unpaired) electrons. The highest BCUT2D eigenvalue weighted by molar-refractivity contribution is 5.93. The second kappa shape index (κ2) is 8.16. The van der Waals surface area contributed by atoms with Gasteiger partial charge in [0.2, 0.25) is 11.6 Å². The van der Waals surface area contributed by atoms with E-state index in [0.717, 1.165) is 10.6 Å². The van der Waals surface area contributed by atoms with Crippen LogP contribution in [0.25, 0.3) is 21.9 Å². The zero-order chi connectivity index (χ0) is 22.1. The fraction of sp³-hybridized carbons (Fsp3) is 0.227. The molecule has 158 valence electrons. The Morgan fingerprint density at radius 1 is 1.26 bits per heavy atom. The Morgan fingerprint density at radius 3 is 2.58 bits per heavy atom. The van der Waals surface area contributed by atoms with Crippen LogP contribution in [0.4, 0.5) is 14.5 Å². The van der Waals surface area contributed by atoms with Crippen LogP contribution in [0.3, 0.4) is 0 Å². The Kier molecular flexibility index (Phi) is 5.40. The molecule has 0 bridgehead atoms. The lowest BCUT2D eigenvalue weighted by Gasteiger charge is -2.14. The van der Waals surface area contributed by atoms with E-state index in [2.05, 4.69) is 9.83 Å². The zero-order valence-corrected chi connectivity index (χ0v) is 16.7. The fourth-order valence-electron chi connectivity index (χ4n) is 3.56. The number of halogens is 2. The summed E-state index contributed by atoms with van der Waals surface area (Å²) in [6.45, 7) is 7.75. The Morgan fingerprint density at radius 2 is 2.00 bits per heavy atom. The molecule has 2 N–H and O–H groups in total. The van der Waals surface area contributed by atoms with E-state index in [4.69, 9.17) is 17.0 Å². The third kappa shape index (κ3) is 3.73. The number of aromatic nitrogens is 2. The maximum atomic E-state index is 15.5. The summed E-state index contributed by atoms with van der Waals surface area (Å²) in [4.78, 5) is 21.7. The smallest absolute Gasteiger partial charge is 0.277 e. The molecule has 0 aliphatic carbocycles. The van der Waals surface area contributed by atoms with Crippen molar-refractivity contribution in [1.29, 1.82) is 0 Å².